The Bertz CT molecular complexity index is 1490. The maximum absolute atomic E-state index is 13.0. The molecule has 5 rings (SSSR count). The zero-order valence-electron chi connectivity index (χ0n) is 21.2. The fourth-order valence-electron chi connectivity index (χ4n) is 4.52. The summed E-state index contributed by atoms with van der Waals surface area (Å²) in [5, 5.41) is 3.26. The predicted molar refractivity (Wildman–Crippen MR) is 144 cm³/mol. The first-order valence-electron chi connectivity index (χ1n) is 12.7. The van der Waals surface area contributed by atoms with Crippen LogP contribution in [0.15, 0.2) is 42.7 Å². The summed E-state index contributed by atoms with van der Waals surface area (Å²) < 4.78 is 10.8. The van der Waals surface area contributed by atoms with E-state index in [0.29, 0.717) is 27.4 Å². The molecule has 1 amide bonds. The van der Waals surface area contributed by atoms with Gasteiger partial charge in [0.2, 0.25) is 0 Å². The number of anilines is 1. The van der Waals surface area contributed by atoms with Gasteiger partial charge in [-0.2, -0.15) is 0 Å². The number of nitrogens with one attached hydrogen (secondary N) is 2. The van der Waals surface area contributed by atoms with Crippen molar-refractivity contribution in [1.29, 1.82) is 0 Å². The van der Waals surface area contributed by atoms with Crippen molar-refractivity contribution in [3.63, 3.8) is 0 Å². The number of hydrogen-bond donors (Lipinski definition) is 2. The molecule has 2 N–H and O–H groups in total. The number of esters is 2. The summed E-state index contributed by atoms with van der Waals surface area (Å²) in [6.07, 6.45) is 7.08. The molecule has 0 radical (unpaired) electrons. The van der Waals surface area contributed by atoms with E-state index >= 15 is 0 Å². The molecule has 1 aromatic carbocycles. The van der Waals surface area contributed by atoms with E-state index in [9.17, 15) is 14.4 Å². The van der Waals surface area contributed by atoms with Crippen LogP contribution in [0.25, 0.3) is 22.4 Å². The third kappa shape index (κ3) is 5.31. The maximum Gasteiger partial charge on any atom is 0.341 e. The van der Waals surface area contributed by atoms with Gasteiger partial charge in [-0.15, -0.1) is 11.3 Å². The van der Waals surface area contributed by atoms with Crippen LogP contribution in [0, 0.1) is 0 Å². The molecule has 0 saturated carbocycles. The van der Waals surface area contributed by atoms with Crippen LogP contribution in [-0.2, 0) is 27.1 Å². The first-order valence-corrected chi connectivity index (χ1v) is 13.5. The average Bonchev–Trinajstić information content (AvgIpc) is 3.42. The number of amides is 1. The number of rotatable bonds is 7. The van der Waals surface area contributed by atoms with Crippen LogP contribution >= 0.6 is 11.3 Å². The Morgan fingerprint density at radius 1 is 1.13 bits per heavy atom. The molecule has 3 heterocycles. The van der Waals surface area contributed by atoms with Crippen molar-refractivity contribution in [2.24, 2.45) is 0 Å². The highest BCUT2D eigenvalue weighted by Crippen LogP contribution is 2.38. The number of carbonyl (C=O) groups is 3. The third-order valence-electron chi connectivity index (χ3n) is 6.44. The minimum atomic E-state index is -1.08. The molecule has 9 nitrogen and oxygen atoms in total. The van der Waals surface area contributed by atoms with Crippen LogP contribution < -0.4 is 5.32 Å². The first kappa shape index (κ1) is 25.6. The van der Waals surface area contributed by atoms with Gasteiger partial charge in [0.25, 0.3) is 5.91 Å². The molecule has 10 heteroatoms. The van der Waals surface area contributed by atoms with Crippen LogP contribution in [0.3, 0.4) is 0 Å². The highest BCUT2D eigenvalue weighted by atomic mass is 32.1. The number of aromatic nitrogens is 3. The van der Waals surface area contributed by atoms with Gasteiger partial charge in [0.15, 0.2) is 6.10 Å². The number of fused-ring (bicyclic) bond motifs is 2. The molecule has 1 aliphatic carbocycles. The molecule has 0 aliphatic heterocycles. The number of benzene rings is 1. The van der Waals surface area contributed by atoms with Gasteiger partial charge in [0.1, 0.15) is 10.8 Å². The molecule has 0 fully saturated rings. The Morgan fingerprint density at radius 2 is 1.97 bits per heavy atom. The van der Waals surface area contributed by atoms with Gasteiger partial charge in [0.05, 0.1) is 28.8 Å². The first-order chi connectivity index (χ1) is 18.4. The van der Waals surface area contributed by atoms with Crippen molar-refractivity contribution >= 4 is 45.2 Å². The molecule has 0 spiro atoms. The molecule has 1 aliphatic rings. The van der Waals surface area contributed by atoms with Gasteiger partial charge >= 0.3 is 11.9 Å². The standard InChI is InChI=1S/C28H28N4O5S/c1-3-36-28(35)23-19-9-5-4-6-10-22(19)38-26(23)32-25(33)16(2)37-27(34)17-11-12-20-21(14-17)31-24(30-20)18-8-7-13-29-15-18/h7-8,11-16H,3-6,9-10H2,1-2H3,(H,30,31)(H,32,33). The maximum atomic E-state index is 13.0. The Morgan fingerprint density at radius 3 is 2.76 bits per heavy atom. The molecule has 1 unspecified atom stereocenters. The Hall–Kier alpha value is -4.05. The summed E-state index contributed by atoms with van der Waals surface area (Å²) in [5.74, 6) is -0.954. The quantitative estimate of drug-likeness (QED) is 0.244. The highest BCUT2D eigenvalue weighted by molar-refractivity contribution is 7.17. The summed E-state index contributed by atoms with van der Waals surface area (Å²) in [6, 6.07) is 8.68. The second kappa shape index (κ2) is 11.1. The Kier molecular flexibility index (Phi) is 7.50. The number of carbonyl (C=O) groups excluding carboxylic acids is 3. The molecule has 38 heavy (non-hydrogen) atoms. The fraction of sp³-hybridized carbons (Fsp3) is 0.321. The van der Waals surface area contributed by atoms with E-state index in [1.165, 1.54) is 18.3 Å². The van der Waals surface area contributed by atoms with E-state index in [0.717, 1.165) is 48.1 Å². The van der Waals surface area contributed by atoms with E-state index < -0.39 is 23.9 Å². The van der Waals surface area contributed by atoms with E-state index in [2.05, 4.69) is 20.3 Å². The zero-order valence-corrected chi connectivity index (χ0v) is 22.0. The Labute approximate surface area is 223 Å². The monoisotopic (exact) mass is 532 g/mol. The number of H-pyrrole nitrogens is 1. The van der Waals surface area contributed by atoms with Crippen LogP contribution in [0.5, 0.6) is 0 Å². The lowest BCUT2D eigenvalue weighted by Gasteiger charge is -2.14. The number of aryl methyl sites for hydroxylation is 1. The molecule has 3 aromatic heterocycles. The average molecular weight is 533 g/mol. The van der Waals surface area contributed by atoms with Gasteiger partial charge < -0.3 is 19.8 Å². The van der Waals surface area contributed by atoms with Crippen molar-refractivity contribution in [1.82, 2.24) is 15.0 Å². The number of ether oxygens (including phenoxy) is 2. The molecule has 196 valence electrons. The van der Waals surface area contributed by atoms with E-state index in [1.54, 1.807) is 37.5 Å². The summed E-state index contributed by atoms with van der Waals surface area (Å²) in [4.78, 5) is 51.6. The molecule has 4 aromatic rings. The van der Waals surface area contributed by atoms with E-state index in [1.807, 2.05) is 12.1 Å². The fourth-order valence-corrected chi connectivity index (χ4v) is 5.80. The lowest BCUT2D eigenvalue weighted by molar-refractivity contribution is -0.123. The Balaban J connectivity index is 1.30. The van der Waals surface area contributed by atoms with Crippen LogP contribution in [0.4, 0.5) is 5.00 Å². The molecular weight excluding hydrogens is 504 g/mol. The second-order valence-corrected chi connectivity index (χ2v) is 10.2. The highest BCUT2D eigenvalue weighted by Gasteiger charge is 2.28. The number of imidazole rings is 1. The summed E-state index contributed by atoms with van der Waals surface area (Å²) in [6.45, 7) is 3.50. The lowest BCUT2D eigenvalue weighted by atomic mass is 10.1. The summed E-state index contributed by atoms with van der Waals surface area (Å²) in [5.41, 5.74) is 3.85. The van der Waals surface area contributed by atoms with Gasteiger partial charge in [-0.25, -0.2) is 14.6 Å². The van der Waals surface area contributed by atoms with Gasteiger partial charge in [-0.3, -0.25) is 9.78 Å². The minimum absolute atomic E-state index is 0.245. The van der Waals surface area contributed by atoms with Crippen molar-refractivity contribution in [3.8, 4) is 11.4 Å². The number of thiophene rings is 1. The van der Waals surface area contributed by atoms with Gasteiger partial charge in [0, 0.05) is 22.8 Å². The number of aromatic amines is 1. The normalized spacial score (nSPS) is 13.8. The van der Waals surface area contributed by atoms with Crippen LogP contribution in [0.2, 0.25) is 0 Å². The van der Waals surface area contributed by atoms with Crippen LogP contribution in [0.1, 0.15) is 64.3 Å². The van der Waals surface area contributed by atoms with E-state index in [-0.39, 0.29) is 12.2 Å². The molecule has 0 bridgehead atoms. The minimum Gasteiger partial charge on any atom is -0.462 e. The number of hydrogen-bond acceptors (Lipinski definition) is 8. The largest absolute Gasteiger partial charge is 0.462 e. The summed E-state index contributed by atoms with van der Waals surface area (Å²) in [7, 11) is 0. The third-order valence-corrected chi connectivity index (χ3v) is 7.65. The van der Waals surface area contributed by atoms with Gasteiger partial charge in [-0.1, -0.05) is 6.42 Å². The van der Waals surface area contributed by atoms with Gasteiger partial charge in [-0.05, 0) is 75.4 Å². The van der Waals surface area contributed by atoms with Crippen LogP contribution in [-0.4, -0.2) is 45.5 Å². The summed E-state index contributed by atoms with van der Waals surface area (Å²) >= 11 is 1.40. The SMILES string of the molecule is CCOC(=O)c1c(NC(=O)C(C)OC(=O)c2ccc3nc(-c4cccnc4)[nH]c3c2)sc2c1CCCCC2. The zero-order chi connectivity index (χ0) is 26.6. The molecule has 0 saturated heterocycles. The molecule has 1 atom stereocenters. The number of pyridine rings is 1. The van der Waals surface area contributed by atoms with E-state index in [4.69, 9.17) is 9.47 Å². The van der Waals surface area contributed by atoms with Crippen molar-refractivity contribution in [3.05, 3.63) is 64.3 Å². The van der Waals surface area contributed by atoms with Crippen molar-refractivity contribution in [2.45, 2.75) is 52.1 Å². The number of nitrogens with zero attached hydrogens (tertiary/aromatic N) is 2. The van der Waals surface area contributed by atoms with Crippen molar-refractivity contribution < 1.29 is 23.9 Å². The topological polar surface area (TPSA) is 123 Å². The molecular formula is C28H28N4O5S. The predicted octanol–water partition coefficient (Wildman–Crippen LogP) is 5.32. The second-order valence-electron chi connectivity index (χ2n) is 9.08. The lowest BCUT2D eigenvalue weighted by Crippen LogP contribution is -2.30. The van der Waals surface area contributed by atoms with Crippen molar-refractivity contribution in [2.75, 3.05) is 11.9 Å². The smallest absolute Gasteiger partial charge is 0.341 e.